The summed E-state index contributed by atoms with van der Waals surface area (Å²) in [6.07, 6.45) is 1.53. The van der Waals surface area contributed by atoms with E-state index in [0.29, 0.717) is 11.5 Å². The number of anilines is 1. The average molecular weight is 363 g/mol. The molecule has 6 nitrogen and oxygen atoms in total. The van der Waals surface area contributed by atoms with Crippen molar-refractivity contribution in [1.29, 1.82) is 0 Å². The van der Waals surface area contributed by atoms with Crippen LogP contribution >= 0.6 is 0 Å². The Hall–Kier alpha value is -3.54. The van der Waals surface area contributed by atoms with E-state index in [1.54, 1.807) is 32.4 Å². The third-order valence-electron chi connectivity index (χ3n) is 4.04. The summed E-state index contributed by atoms with van der Waals surface area (Å²) in [5, 5.41) is 9.35. The standard InChI is InChI=1S/C21H21N3O3/c1-26-19-10-8-17(20(12-19)27-2)13-23-24-21(25)14-22-18-9-7-15-5-3-4-6-16(15)11-18/h3-13,22H,14H2,1-2H3,(H,24,25). The van der Waals surface area contributed by atoms with Gasteiger partial charge < -0.3 is 14.8 Å². The number of rotatable bonds is 7. The monoisotopic (exact) mass is 363 g/mol. The Morgan fingerprint density at radius 3 is 2.59 bits per heavy atom. The third kappa shape index (κ3) is 4.76. The minimum Gasteiger partial charge on any atom is -0.497 e. The molecule has 138 valence electrons. The second-order valence-electron chi connectivity index (χ2n) is 5.82. The molecule has 6 heteroatoms. The molecule has 0 radical (unpaired) electrons. The predicted octanol–water partition coefficient (Wildman–Crippen LogP) is 3.42. The molecule has 0 heterocycles. The topological polar surface area (TPSA) is 72.0 Å². The number of hydrazone groups is 1. The van der Waals surface area contributed by atoms with Gasteiger partial charge in [0.1, 0.15) is 11.5 Å². The molecular formula is C21H21N3O3. The molecule has 0 saturated carbocycles. The molecule has 0 saturated heterocycles. The van der Waals surface area contributed by atoms with Crippen molar-refractivity contribution in [2.24, 2.45) is 5.10 Å². The Morgan fingerprint density at radius 1 is 1.00 bits per heavy atom. The molecule has 27 heavy (non-hydrogen) atoms. The Morgan fingerprint density at radius 2 is 1.81 bits per heavy atom. The van der Waals surface area contributed by atoms with Gasteiger partial charge in [0.2, 0.25) is 0 Å². The van der Waals surface area contributed by atoms with Gasteiger partial charge in [-0.3, -0.25) is 4.79 Å². The maximum Gasteiger partial charge on any atom is 0.259 e. The lowest BCUT2D eigenvalue weighted by atomic mass is 10.1. The first-order valence-electron chi connectivity index (χ1n) is 8.46. The Labute approximate surface area is 157 Å². The van der Waals surface area contributed by atoms with Crippen molar-refractivity contribution in [3.8, 4) is 11.5 Å². The smallest absolute Gasteiger partial charge is 0.259 e. The van der Waals surface area contributed by atoms with Crippen LogP contribution in [0.1, 0.15) is 5.56 Å². The van der Waals surface area contributed by atoms with Crippen molar-refractivity contribution >= 4 is 28.6 Å². The van der Waals surface area contributed by atoms with E-state index in [-0.39, 0.29) is 12.5 Å². The summed E-state index contributed by atoms with van der Waals surface area (Å²) >= 11 is 0. The summed E-state index contributed by atoms with van der Waals surface area (Å²) in [6, 6.07) is 19.4. The van der Waals surface area contributed by atoms with E-state index in [1.165, 1.54) is 6.21 Å². The van der Waals surface area contributed by atoms with Crippen molar-refractivity contribution in [3.05, 3.63) is 66.2 Å². The lowest BCUT2D eigenvalue weighted by molar-refractivity contribution is -0.119. The highest BCUT2D eigenvalue weighted by Crippen LogP contribution is 2.23. The van der Waals surface area contributed by atoms with E-state index >= 15 is 0 Å². The molecule has 3 aromatic carbocycles. The fourth-order valence-corrected chi connectivity index (χ4v) is 2.62. The van der Waals surface area contributed by atoms with Gasteiger partial charge in [-0.05, 0) is 35.0 Å². The lowest BCUT2D eigenvalue weighted by Crippen LogP contribution is -2.25. The highest BCUT2D eigenvalue weighted by Gasteiger charge is 2.04. The van der Waals surface area contributed by atoms with Gasteiger partial charge >= 0.3 is 0 Å². The SMILES string of the molecule is COc1ccc(C=NNC(=O)CNc2ccc3ccccc3c2)c(OC)c1. The van der Waals surface area contributed by atoms with Crippen LogP contribution in [0.2, 0.25) is 0 Å². The Bertz CT molecular complexity index is 970. The van der Waals surface area contributed by atoms with Gasteiger partial charge in [-0.25, -0.2) is 5.43 Å². The van der Waals surface area contributed by atoms with Crippen molar-refractivity contribution in [1.82, 2.24) is 5.43 Å². The zero-order chi connectivity index (χ0) is 19.1. The summed E-state index contributed by atoms with van der Waals surface area (Å²) in [6.45, 7) is 0.120. The number of nitrogens with one attached hydrogen (secondary N) is 2. The molecule has 0 bridgehead atoms. The number of ether oxygens (including phenoxy) is 2. The van der Waals surface area contributed by atoms with E-state index in [1.807, 2.05) is 42.5 Å². The molecule has 3 rings (SSSR count). The first-order chi connectivity index (χ1) is 13.2. The van der Waals surface area contributed by atoms with Crippen LogP contribution in [-0.2, 0) is 4.79 Å². The minimum atomic E-state index is -0.244. The van der Waals surface area contributed by atoms with Crippen LogP contribution in [-0.4, -0.2) is 32.9 Å². The number of amides is 1. The van der Waals surface area contributed by atoms with Crippen LogP contribution in [0.15, 0.2) is 65.8 Å². The van der Waals surface area contributed by atoms with Gasteiger partial charge in [0.25, 0.3) is 5.91 Å². The highest BCUT2D eigenvalue weighted by molar-refractivity contribution is 5.88. The van der Waals surface area contributed by atoms with Crippen LogP contribution in [0.4, 0.5) is 5.69 Å². The molecule has 0 atom stereocenters. The largest absolute Gasteiger partial charge is 0.497 e. The second kappa shape index (κ2) is 8.71. The van der Waals surface area contributed by atoms with Gasteiger partial charge in [-0.2, -0.15) is 5.10 Å². The van der Waals surface area contributed by atoms with E-state index in [9.17, 15) is 4.79 Å². The average Bonchev–Trinajstić information content (AvgIpc) is 2.72. The van der Waals surface area contributed by atoms with Gasteiger partial charge in [0.05, 0.1) is 27.0 Å². The number of hydrogen-bond donors (Lipinski definition) is 2. The maximum atomic E-state index is 12.0. The molecule has 3 aromatic rings. The molecule has 1 amide bonds. The lowest BCUT2D eigenvalue weighted by Gasteiger charge is -2.08. The summed E-state index contributed by atoms with van der Waals surface area (Å²) in [5.74, 6) is 1.06. The molecule has 0 spiro atoms. The van der Waals surface area contributed by atoms with Crippen molar-refractivity contribution < 1.29 is 14.3 Å². The third-order valence-corrected chi connectivity index (χ3v) is 4.04. The molecule has 0 fully saturated rings. The van der Waals surface area contributed by atoms with Crippen LogP contribution in [0.3, 0.4) is 0 Å². The zero-order valence-electron chi connectivity index (χ0n) is 15.2. The fraction of sp³-hybridized carbons (Fsp3) is 0.143. The number of methoxy groups -OCH3 is 2. The van der Waals surface area contributed by atoms with Gasteiger partial charge in [-0.1, -0.05) is 30.3 Å². The summed E-state index contributed by atoms with van der Waals surface area (Å²) in [5.41, 5.74) is 4.12. The summed E-state index contributed by atoms with van der Waals surface area (Å²) < 4.78 is 10.4. The fourth-order valence-electron chi connectivity index (χ4n) is 2.62. The highest BCUT2D eigenvalue weighted by atomic mass is 16.5. The molecule has 0 aromatic heterocycles. The molecule has 0 aliphatic rings. The van der Waals surface area contributed by atoms with E-state index in [2.05, 4.69) is 15.8 Å². The predicted molar refractivity (Wildman–Crippen MR) is 108 cm³/mol. The molecule has 0 aliphatic carbocycles. The van der Waals surface area contributed by atoms with E-state index < -0.39 is 0 Å². The van der Waals surface area contributed by atoms with Crippen molar-refractivity contribution in [2.45, 2.75) is 0 Å². The van der Waals surface area contributed by atoms with E-state index in [0.717, 1.165) is 22.0 Å². The molecule has 0 aliphatic heterocycles. The van der Waals surface area contributed by atoms with Crippen LogP contribution < -0.4 is 20.2 Å². The second-order valence-corrected chi connectivity index (χ2v) is 5.82. The van der Waals surface area contributed by atoms with Crippen LogP contribution in [0.25, 0.3) is 10.8 Å². The zero-order valence-corrected chi connectivity index (χ0v) is 15.2. The Balaban J connectivity index is 1.55. The number of carbonyl (C=O) groups excluding carboxylic acids is 1. The van der Waals surface area contributed by atoms with Crippen molar-refractivity contribution in [2.75, 3.05) is 26.1 Å². The first-order valence-corrected chi connectivity index (χ1v) is 8.46. The number of benzene rings is 3. The van der Waals surface area contributed by atoms with Gasteiger partial charge in [-0.15, -0.1) is 0 Å². The van der Waals surface area contributed by atoms with Crippen LogP contribution in [0, 0.1) is 0 Å². The van der Waals surface area contributed by atoms with Crippen molar-refractivity contribution in [3.63, 3.8) is 0 Å². The van der Waals surface area contributed by atoms with E-state index in [4.69, 9.17) is 9.47 Å². The van der Waals surface area contributed by atoms with Crippen LogP contribution in [0.5, 0.6) is 11.5 Å². The summed E-state index contributed by atoms with van der Waals surface area (Å²) in [4.78, 5) is 12.0. The normalized spacial score (nSPS) is 10.7. The quantitative estimate of drug-likeness (QED) is 0.498. The number of carbonyl (C=O) groups is 1. The minimum absolute atomic E-state index is 0.120. The van der Waals surface area contributed by atoms with Gasteiger partial charge in [0.15, 0.2) is 0 Å². The molecule has 2 N–H and O–H groups in total. The summed E-state index contributed by atoms with van der Waals surface area (Å²) in [7, 11) is 3.16. The maximum absolute atomic E-state index is 12.0. The number of nitrogens with zero attached hydrogens (tertiary/aromatic N) is 1. The Kier molecular flexibility index (Phi) is 5.89. The molecule has 0 unspecified atom stereocenters. The molecular weight excluding hydrogens is 342 g/mol. The van der Waals surface area contributed by atoms with Gasteiger partial charge in [0, 0.05) is 17.3 Å². The number of hydrogen-bond acceptors (Lipinski definition) is 5. The number of fused-ring (bicyclic) bond motifs is 1. The first kappa shape index (κ1) is 18.3.